The molecule has 0 radical (unpaired) electrons. The van der Waals surface area contributed by atoms with Crippen molar-refractivity contribution in [3.63, 3.8) is 0 Å². The topological polar surface area (TPSA) is 74.8 Å². The number of hydrogen-bond acceptors (Lipinski definition) is 5. The van der Waals surface area contributed by atoms with Crippen LogP contribution in [0.25, 0.3) is 21.3 Å². The number of aromatic amines is 1. The van der Waals surface area contributed by atoms with Gasteiger partial charge >= 0.3 is 0 Å². The van der Waals surface area contributed by atoms with E-state index in [0.717, 1.165) is 22.4 Å². The predicted octanol–water partition coefficient (Wildman–Crippen LogP) is 4.58. The van der Waals surface area contributed by atoms with Gasteiger partial charge in [0.15, 0.2) is 0 Å². The third-order valence-corrected chi connectivity index (χ3v) is 7.32. The molecule has 1 fully saturated rings. The van der Waals surface area contributed by atoms with Gasteiger partial charge in [-0.2, -0.15) is 0 Å². The standard InChI is InChI=1S/C22H25N3O2S2/c1-14-7-5-6-10-17(14)23-19(26)13-28-12-18-24-21(27)20-16(11-29-22(20)25-18)15-8-3-2-4-9-15/h2-4,8-9,11,14,17H,5-7,10,12-13H2,1H3,(H,23,26)(H,24,25,27)/t14-,17+/m1/s1. The van der Waals surface area contributed by atoms with Gasteiger partial charge in [0.25, 0.3) is 5.56 Å². The maximum atomic E-state index is 12.7. The molecular formula is C22H25N3O2S2. The van der Waals surface area contributed by atoms with Crippen molar-refractivity contribution in [1.82, 2.24) is 15.3 Å². The maximum Gasteiger partial charge on any atom is 0.260 e. The molecule has 2 atom stereocenters. The Labute approximate surface area is 178 Å². The molecule has 0 bridgehead atoms. The van der Waals surface area contributed by atoms with Crippen LogP contribution >= 0.6 is 23.1 Å². The summed E-state index contributed by atoms with van der Waals surface area (Å²) in [5.74, 6) is 2.13. The first-order valence-corrected chi connectivity index (χ1v) is 12.1. The number of amides is 1. The summed E-state index contributed by atoms with van der Waals surface area (Å²) in [7, 11) is 0. The minimum absolute atomic E-state index is 0.0691. The summed E-state index contributed by atoms with van der Waals surface area (Å²) < 4.78 is 0. The van der Waals surface area contributed by atoms with Crippen LogP contribution in [-0.4, -0.2) is 27.7 Å². The second-order valence-electron chi connectivity index (χ2n) is 7.64. The second-order valence-corrected chi connectivity index (χ2v) is 9.48. The smallest absolute Gasteiger partial charge is 0.260 e. The van der Waals surface area contributed by atoms with Gasteiger partial charge in [-0.05, 0) is 24.3 Å². The van der Waals surface area contributed by atoms with Gasteiger partial charge in [-0.1, -0.05) is 50.1 Å². The van der Waals surface area contributed by atoms with E-state index in [0.29, 0.717) is 34.7 Å². The lowest BCUT2D eigenvalue weighted by molar-refractivity contribution is -0.119. The normalized spacial score (nSPS) is 19.3. The molecule has 2 N–H and O–H groups in total. The van der Waals surface area contributed by atoms with Crippen molar-refractivity contribution in [2.24, 2.45) is 5.92 Å². The number of thioether (sulfide) groups is 1. The maximum absolute atomic E-state index is 12.7. The zero-order valence-corrected chi connectivity index (χ0v) is 18.1. The number of fused-ring (bicyclic) bond motifs is 1. The van der Waals surface area contributed by atoms with Gasteiger partial charge in [0.05, 0.1) is 16.9 Å². The molecule has 0 spiro atoms. The molecule has 2 aromatic heterocycles. The highest BCUT2D eigenvalue weighted by molar-refractivity contribution is 7.99. The SMILES string of the molecule is C[C@@H]1CCCC[C@@H]1NC(=O)CSCc1nc2scc(-c3ccccc3)c2c(=O)[nH]1. The van der Waals surface area contributed by atoms with Crippen molar-refractivity contribution in [3.8, 4) is 11.1 Å². The van der Waals surface area contributed by atoms with E-state index in [1.807, 2.05) is 35.7 Å². The van der Waals surface area contributed by atoms with E-state index in [4.69, 9.17) is 0 Å². The number of rotatable bonds is 6. The lowest BCUT2D eigenvalue weighted by Gasteiger charge is -2.29. The van der Waals surface area contributed by atoms with Crippen molar-refractivity contribution in [2.75, 3.05) is 5.75 Å². The minimum atomic E-state index is -0.119. The van der Waals surface area contributed by atoms with Crippen molar-refractivity contribution >= 4 is 39.2 Å². The summed E-state index contributed by atoms with van der Waals surface area (Å²) in [5, 5.41) is 5.79. The van der Waals surface area contributed by atoms with Gasteiger partial charge in [-0.25, -0.2) is 4.98 Å². The summed E-state index contributed by atoms with van der Waals surface area (Å²) in [4.78, 5) is 33.2. The highest BCUT2D eigenvalue weighted by atomic mass is 32.2. The van der Waals surface area contributed by atoms with Gasteiger partial charge in [0.1, 0.15) is 10.7 Å². The summed E-state index contributed by atoms with van der Waals surface area (Å²) in [6.07, 6.45) is 4.72. The zero-order valence-electron chi connectivity index (χ0n) is 16.4. The van der Waals surface area contributed by atoms with Crippen LogP contribution in [-0.2, 0) is 10.5 Å². The Bertz CT molecular complexity index is 1050. The van der Waals surface area contributed by atoms with Crippen LogP contribution in [0.2, 0.25) is 0 Å². The molecule has 152 valence electrons. The molecule has 29 heavy (non-hydrogen) atoms. The van der Waals surface area contributed by atoms with E-state index in [-0.39, 0.29) is 11.5 Å². The van der Waals surface area contributed by atoms with Gasteiger partial charge in [-0.3, -0.25) is 9.59 Å². The Morgan fingerprint density at radius 1 is 1.28 bits per heavy atom. The molecule has 1 aliphatic carbocycles. The Kier molecular flexibility index (Phi) is 6.35. The van der Waals surface area contributed by atoms with Crippen molar-refractivity contribution in [2.45, 2.75) is 44.4 Å². The van der Waals surface area contributed by atoms with Crippen molar-refractivity contribution in [3.05, 3.63) is 51.9 Å². The molecule has 4 rings (SSSR count). The fourth-order valence-corrected chi connectivity index (χ4v) is 5.58. The van der Waals surface area contributed by atoms with E-state index < -0.39 is 0 Å². The summed E-state index contributed by atoms with van der Waals surface area (Å²) in [6.45, 7) is 2.21. The molecule has 7 heteroatoms. The van der Waals surface area contributed by atoms with E-state index in [1.54, 1.807) is 0 Å². The fraction of sp³-hybridized carbons (Fsp3) is 0.409. The van der Waals surface area contributed by atoms with Crippen LogP contribution in [0, 0.1) is 5.92 Å². The number of aromatic nitrogens is 2. The molecule has 3 aromatic rings. The highest BCUT2D eigenvalue weighted by Crippen LogP contribution is 2.30. The van der Waals surface area contributed by atoms with Gasteiger partial charge < -0.3 is 10.3 Å². The van der Waals surface area contributed by atoms with E-state index >= 15 is 0 Å². The second kappa shape index (κ2) is 9.13. The average Bonchev–Trinajstić information content (AvgIpc) is 3.15. The van der Waals surface area contributed by atoms with Crippen LogP contribution in [0.1, 0.15) is 38.4 Å². The molecule has 1 aliphatic rings. The minimum Gasteiger partial charge on any atom is -0.352 e. The highest BCUT2D eigenvalue weighted by Gasteiger charge is 2.22. The number of H-pyrrole nitrogens is 1. The summed E-state index contributed by atoms with van der Waals surface area (Å²) >= 11 is 2.97. The molecular weight excluding hydrogens is 402 g/mol. The number of thiophene rings is 1. The van der Waals surface area contributed by atoms with Gasteiger partial charge in [-0.15, -0.1) is 23.1 Å². The number of nitrogens with zero attached hydrogens (tertiary/aromatic N) is 1. The number of nitrogens with one attached hydrogen (secondary N) is 2. The van der Waals surface area contributed by atoms with Crippen LogP contribution < -0.4 is 10.9 Å². The van der Waals surface area contributed by atoms with Crippen LogP contribution in [0.4, 0.5) is 0 Å². The quantitative estimate of drug-likeness (QED) is 0.604. The first kappa shape index (κ1) is 20.2. The lowest BCUT2D eigenvalue weighted by atomic mass is 9.86. The first-order chi connectivity index (χ1) is 14.1. The Balaban J connectivity index is 1.39. The monoisotopic (exact) mass is 427 g/mol. The molecule has 1 saturated carbocycles. The molecule has 5 nitrogen and oxygen atoms in total. The number of benzene rings is 1. The molecule has 2 heterocycles. The molecule has 1 amide bonds. The number of carbonyl (C=O) groups is 1. The Morgan fingerprint density at radius 3 is 2.86 bits per heavy atom. The zero-order chi connectivity index (χ0) is 20.2. The van der Waals surface area contributed by atoms with E-state index in [2.05, 4.69) is 22.2 Å². The first-order valence-electron chi connectivity index (χ1n) is 10.0. The van der Waals surface area contributed by atoms with E-state index in [1.165, 1.54) is 42.4 Å². The molecule has 1 aromatic carbocycles. The summed E-state index contributed by atoms with van der Waals surface area (Å²) in [5.41, 5.74) is 1.81. The Morgan fingerprint density at radius 2 is 2.07 bits per heavy atom. The summed E-state index contributed by atoms with van der Waals surface area (Å²) in [6, 6.07) is 10.2. The van der Waals surface area contributed by atoms with Gasteiger partial charge in [0, 0.05) is 17.0 Å². The van der Waals surface area contributed by atoms with Crippen LogP contribution in [0.3, 0.4) is 0 Å². The molecule has 0 aliphatic heterocycles. The number of carbonyl (C=O) groups excluding carboxylic acids is 1. The third-order valence-electron chi connectivity index (χ3n) is 5.51. The van der Waals surface area contributed by atoms with Crippen LogP contribution in [0.15, 0.2) is 40.5 Å². The number of hydrogen-bond donors (Lipinski definition) is 2. The molecule has 0 saturated heterocycles. The van der Waals surface area contributed by atoms with E-state index in [9.17, 15) is 9.59 Å². The fourth-order valence-electron chi connectivity index (χ4n) is 3.91. The van der Waals surface area contributed by atoms with Crippen molar-refractivity contribution in [1.29, 1.82) is 0 Å². The van der Waals surface area contributed by atoms with Crippen molar-refractivity contribution < 1.29 is 4.79 Å². The predicted molar refractivity (Wildman–Crippen MR) is 121 cm³/mol. The third kappa shape index (κ3) is 4.73. The Hall–Kier alpha value is -2.12. The largest absolute Gasteiger partial charge is 0.352 e. The lowest BCUT2D eigenvalue weighted by Crippen LogP contribution is -2.41. The molecule has 0 unspecified atom stereocenters. The van der Waals surface area contributed by atoms with Gasteiger partial charge in [0.2, 0.25) is 5.91 Å². The average molecular weight is 428 g/mol. The van der Waals surface area contributed by atoms with Crippen LogP contribution in [0.5, 0.6) is 0 Å².